The molecule has 0 amide bonds. The lowest BCUT2D eigenvalue weighted by molar-refractivity contribution is 0.120. The zero-order valence-electron chi connectivity index (χ0n) is 14.6. The summed E-state index contributed by atoms with van der Waals surface area (Å²) in [7, 11) is 1.60. The van der Waals surface area contributed by atoms with Crippen LogP contribution in [0.3, 0.4) is 0 Å². The number of ether oxygens (including phenoxy) is 2. The molecular weight excluding hydrogens is 350 g/mol. The number of rotatable bonds is 3. The summed E-state index contributed by atoms with van der Waals surface area (Å²) in [5.41, 5.74) is 8.10. The van der Waals surface area contributed by atoms with E-state index in [1.54, 1.807) is 11.6 Å². The molecule has 3 aromatic heterocycles. The van der Waals surface area contributed by atoms with E-state index in [1.165, 1.54) is 0 Å². The van der Waals surface area contributed by atoms with Crippen LogP contribution >= 0.6 is 0 Å². The molecule has 1 saturated heterocycles. The zero-order chi connectivity index (χ0) is 18.4. The third-order valence-electron chi connectivity index (χ3n) is 4.56. The number of nitrogens with zero attached hydrogens (tertiary/aromatic N) is 6. The normalized spacial score (nSPS) is 14.9. The molecule has 0 bridgehead atoms. The maximum absolute atomic E-state index is 6.10. The lowest BCUT2D eigenvalue weighted by atomic mass is 10.2. The fourth-order valence-electron chi connectivity index (χ4n) is 3.22. The van der Waals surface area contributed by atoms with Crippen LogP contribution in [0.15, 0.2) is 28.7 Å². The van der Waals surface area contributed by atoms with E-state index in [0.29, 0.717) is 55.2 Å². The number of aromatic nitrogens is 5. The van der Waals surface area contributed by atoms with Gasteiger partial charge in [0.2, 0.25) is 5.95 Å². The summed E-state index contributed by atoms with van der Waals surface area (Å²) in [6, 6.07) is 8.00. The minimum Gasteiger partial charge on any atom is -0.494 e. The highest BCUT2D eigenvalue weighted by atomic mass is 16.5. The van der Waals surface area contributed by atoms with Gasteiger partial charge in [0.05, 0.1) is 25.8 Å². The van der Waals surface area contributed by atoms with Gasteiger partial charge in [-0.25, -0.2) is 4.98 Å². The molecule has 27 heavy (non-hydrogen) atoms. The summed E-state index contributed by atoms with van der Waals surface area (Å²) in [6.07, 6.45) is 0. The molecule has 0 unspecified atom stereocenters. The van der Waals surface area contributed by atoms with Gasteiger partial charge in [0.15, 0.2) is 5.69 Å². The molecule has 0 saturated carbocycles. The molecule has 0 aliphatic carbocycles. The summed E-state index contributed by atoms with van der Waals surface area (Å²) < 4.78 is 18.1. The third kappa shape index (κ3) is 2.53. The Morgan fingerprint density at radius 1 is 1.19 bits per heavy atom. The first kappa shape index (κ1) is 15.8. The number of benzene rings is 1. The standard InChI is InChI=1S/C17H17N7O3/c1-25-13-4-2-3-10-12-9-11(22-24(12)16(18)19-14(10)13)15-20-21-17(27-15)23-5-7-26-8-6-23/h2-4,9H,5-8H2,1H3,(H2,18,19). The van der Waals surface area contributed by atoms with Gasteiger partial charge in [-0.2, -0.15) is 9.61 Å². The van der Waals surface area contributed by atoms with Crippen molar-refractivity contribution in [1.29, 1.82) is 0 Å². The summed E-state index contributed by atoms with van der Waals surface area (Å²) in [4.78, 5) is 6.42. The van der Waals surface area contributed by atoms with Crippen LogP contribution in [0.2, 0.25) is 0 Å². The number of fused-ring (bicyclic) bond motifs is 3. The van der Waals surface area contributed by atoms with Crippen molar-refractivity contribution in [2.45, 2.75) is 0 Å². The Labute approximate surface area is 153 Å². The number of hydrogen-bond acceptors (Lipinski definition) is 9. The van der Waals surface area contributed by atoms with Crippen LogP contribution in [0.5, 0.6) is 5.75 Å². The highest BCUT2D eigenvalue weighted by Crippen LogP contribution is 2.31. The number of hydrogen-bond donors (Lipinski definition) is 1. The first-order chi connectivity index (χ1) is 13.2. The number of methoxy groups -OCH3 is 1. The molecule has 2 N–H and O–H groups in total. The molecule has 10 nitrogen and oxygen atoms in total. The molecule has 1 fully saturated rings. The Balaban J connectivity index is 1.61. The maximum atomic E-state index is 6.10. The van der Waals surface area contributed by atoms with Crippen LogP contribution in [-0.4, -0.2) is 58.2 Å². The largest absolute Gasteiger partial charge is 0.494 e. The van der Waals surface area contributed by atoms with Crippen molar-refractivity contribution in [2.24, 2.45) is 0 Å². The van der Waals surface area contributed by atoms with Gasteiger partial charge in [0.1, 0.15) is 11.3 Å². The Bertz CT molecular complexity index is 1130. The number of nitrogen functional groups attached to an aromatic ring is 1. The Morgan fingerprint density at radius 3 is 2.85 bits per heavy atom. The van der Waals surface area contributed by atoms with Crippen molar-refractivity contribution in [2.75, 3.05) is 44.0 Å². The quantitative estimate of drug-likeness (QED) is 0.572. The van der Waals surface area contributed by atoms with Crippen molar-refractivity contribution in [1.82, 2.24) is 24.8 Å². The number of nitrogens with two attached hydrogens (primary N) is 1. The average Bonchev–Trinajstić information content (AvgIpc) is 3.36. The molecule has 0 atom stereocenters. The predicted octanol–water partition coefficient (Wildman–Crippen LogP) is 1.36. The summed E-state index contributed by atoms with van der Waals surface area (Å²) >= 11 is 0. The molecule has 4 heterocycles. The number of anilines is 2. The smallest absolute Gasteiger partial charge is 0.318 e. The molecule has 138 valence electrons. The van der Waals surface area contributed by atoms with Gasteiger partial charge >= 0.3 is 6.01 Å². The molecule has 5 rings (SSSR count). The van der Waals surface area contributed by atoms with Crippen LogP contribution < -0.4 is 15.4 Å². The second-order valence-electron chi connectivity index (χ2n) is 6.14. The average molecular weight is 367 g/mol. The van der Waals surface area contributed by atoms with E-state index >= 15 is 0 Å². The first-order valence-electron chi connectivity index (χ1n) is 8.53. The lowest BCUT2D eigenvalue weighted by Gasteiger charge is -2.24. The fraction of sp³-hybridized carbons (Fsp3) is 0.294. The van der Waals surface area contributed by atoms with E-state index in [-0.39, 0.29) is 5.95 Å². The van der Waals surface area contributed by atoms with E-state index < -0.39 is 0 Å². The van der Waals surface area contributed by atoms with Crippen LogP contribution in [0, 0.1) is 0 Å². The van der Waals surface area contributed by atoms with Crippen molar-refractivity contribution < 1.29 is 13.9 Å². The topological polar surface area (TPSA) is 117 Å². The first-order valence-corrected chi connectivity index (χ1v) is 8.53. The van der Waals surface area contributed by atoms with Gasteiger partial charge in [-0.3, -0.25) is 0 Å². The van der Waals surface area contributed by atoms with Crippen molar-refractivity contribution >= 4 is 28.4 Å². The predicted molar refractivity (Wildman–Crippen MR) is 97.8 cm³/mol. The molecule has 4 aromatic rings. The Kier molecular flexibility index (Phi) is 3.57. The highest BCUT2D eigenvalue weighted by Gasteiger charge is 2.21. The van der Waals surface area contributed by atoms with Gasteiger partial charge in [-0.15, -0.1) is 5.10 Å². The SMILES string of the molecule is COc1cccc2c1nc(N)n1nc(-c3nnc(N4CCOCC4)o3)cc21. The second kappa shape index (κ2) is 6.09. The van der Waals surface area contributed by atoms with E-state index in [2.05, 4.69) is 20.3 Å². The molecule has 0 spiro atoms. The monoisotopic (exact) mass is 367 g/mol. The second-order valence-corrected chi connectivity index (χ2v) is 6.14. The molecule has 10 heteroatoms. The fourth-order valence-corrected chi connectivity index (χ4v) is 3.22. The van der Waals surface area contributed by atoms with Crippen molar-refractivity contribution in [3.8, 4) is 17.3 Å². The van der Waals surface area contributed by atoms with Crippen LogP contribution in [-0.2, 0) is 4.74 Å². The minimum absolute atomic E-state index is 0.251. The number of morpholine rings is 1. The van der Waals surface area contributed by atoms with E-state index in [4.69, 9.17) is 19.6 Å². The van der Waals surface area contributed by atoms with Gasteiger partial charge in [0, 0.05) is 18.5 Å². The minimum atomic E-state index is 0.251. The van der Waals surface area contributed by atoms with Crippen LogP contribution in [0.1, 0.15) is 0 Å². The van der Waals surface area contributed by atoms with Gasteiger partial charge < -0.3 is 24.5 Å². The molecule has 1 aliphatic rings. The van der Waals surface area contributed by atoms with E-state index in [1.807, 2.05) is 29.2 Å². The molecule has 1 aliphatic heterocycles. The number of para-hydroxylation sites is 1. The Hall–Kier alpha value is -3.40. The van der Waals surface area contributed by atoms with Crippen molar-refractivity contribution in [3.63, 3.8) is 0 Å². The van der Waals surface area contributed by atoms with Crippen LogP contribution in [0.4, 0.5) is 12.0 Å². The van der Waals surface area contributed by atoms with Gasteiger partial charge in [0.25, 0.3) is 5.89 Å². The van der Waals surface area contributed by atoms with Gasteiger partial charge in [-0.05, 0) is 12.1 Å². The van der Waals surface area contributed by atoms with E-state index in [9.17, 15) is 0 Å². The zero-order valence-corrected chi connectivity index (χ0v) is 14.6. The van der Waals surface area contributed by atoms with Gasteiger partial charge in [-0.1, -0.05) is 17.2 Å². The van der Waals surface area contributed by atoms with Crippen LogP contribution in [0.25, 0.3) is 28.0 Å². The summed E-state index contributed by atoms with van der Waals surface area (Å²) in [6.45, 7) is 2.71. The molecular formula is C17H17N7O3. The van der Waals surface area contributed by atoms with Crippen molar-refractivity contribution in [3.05, 3.63) is 24.3 Å². The molecule has 0 radical (unpaired) electrons. The summed E-state index contributed by atoms with van der Waals surface area (Å²) in [5, 5.41) is 13.6. The Morgan fingerprint density at radius 2 is 2.04 bits per heavy atom. The third-order valence-corrected chi connectivity index (χ3v) is 4.56. The van der Waals surface area contributed by atoms with E-state index in [0.717, 1.165) is 10.9 Å². The maximum Gasteiger partial charge on any atom is 0.318 e. The highest BCUT2D eigenvalue weighted by molar-refractivity contribution is 5.98. The summed E-state index contributed by atoms with van der Waals surface area (Å²) in [5.74, 6) is 1.23. The molecule has 1 aromatic carbocycles. The lowest BCUT2D eigenvalue weighted by Crippen LogP contribution is -2.36.